The van der Waals surface area contributed by atoms with E-state index in [9.17, 15) is 0 Å². The van der Waals surface area contributed by atoms with Gasteiger partial charge >= 0.3 is 0 Å². The van der Waals surface area contributed by atoms with E-state index in [4.69, 9.17) is 0 Å². The van der Waals surface area contributed by atoms with Crippen molar-refractivity contribution >= 4 is 10.8 Å². The number of rotatable bonds is 2. The zero-order chi connectivity index (χ0) is 56.5. The van der Waals surface area contributed by atoms with Crippen LogP contribution in [-0.4, -0.2) is 0 Å². The fourth-order valence-electron chi connectivity index (χ4n) is 8.69. The fraction of sp³-hybridized carbons (Fsp3) is 0.534. The highest BCUT2D eigenvalue weighted by Gasteiger charge is 2.25. The van der Waals surface area contributed by atoms with E-state index in [-0.39, 0.29) is 43.3 Å². The molecule has 0 bridgehead atoms. The van der Waals surface area contributed by atoms with E-state index in [1.165, 1.54) is 72.0 Å². The molecule has 0 aliphatic heterocycles. The second-order valence-electron chi connectivity index (χ2n) is 29.9. The Hall–Kier alpha value is -4.42. The maximum atomic E-state index is 2.33. The third-order valence-corrected chi connectivity index (χ3v) is 13.9. The molecule has 402 valence electrons. The van der Waals surface area contributed by atoms with Crippen molar-refractivity contribution in [2.45, 2.75) is 256 Å². The minimum absolute atomic E-state index is 0.240. The SMILES string of the molecule is CC(C)(C)c1ccc(C(C)(C)C)cc1.CC(C)(C)c1cccc(C(C)(C)C)c1.CC(C)(C)c1ccccc1C(C)(C)C.CC(C)c1ccc2ccc(C(C)C)cc2c1.Cc1cc(C(C)(C)C)ccc1C(C)(C)C. The zero-order valence-corrected chi connectivity index (χ0v) is 52.8. The Bertz CT molecular complexity index is 2460. The molecule has 0 saturated carbocycles. The van der Waals surface area contributed by atoms with Gasteiger partial charge in [-0.25, -0.2) is 0 Å². The highest BCUT2D eigenvalue weighted by atomic mass is 14.3. The summed E-state index contributed by atoms with van der Waals surface area (Å²) in [6.07, 6.45) is 0. The molecular weight excluding hydrogens is 877 g/mol. The van der Waals surface area contributed by atoms with Crippen LogP contribution in [-0.2, 0) is 43.3 Å². The van der Waals surface area contributed by atoms with Gasteiger partial charge in [-0.05, 0) is 134 Å². The quantitative estimate of drug-likeness (QED) is 0.162. The highest BCUT2D eigenvalue weighted by Crippen LogP contribution is 2.35. The Morgan fingerprint density at radius 2 is 0.548 bits per heavy atom. The fourth-order valence-corrected chi connectivity index (χ4v) is 8.69. The van der Waals surface area contributed by atoms with Crippen molar-refractivity contribution in [2.75, 3.05) is 0 Å². The molecular formula is C73H110. The average molecular weight is 988 g/mol. The summed E-state index contributed by atoms with van der Waals surface area (Å²) in [5.41, 5.74) is 17.7. The van der Waals surface area contributed by atoms with Crippen LogP contribution in [0.4, 0.5) is 0 Å². The monoisotopic (exact) mass is 987 g/mol. The van der Waals surface area contributed by atoms with Gasteiger partial charge < -0.3 is 0 Å². The zero-order valence-electron chi connectivity index (χ0n) is 52.8. The largest absolute Gasteiger partial charge is 0.0620 e. The molecule has 0 saturated heterocycles. The summed E-state index contributed by atoms with van der Waals surface area (Å²) >= 11 is 0. The molecule has 0 spiro atoms. The second kappa shape index (κ2) is 24.9. The van der Waals surface area contributed by atoms with Crippen molar-refractivity contribution in [3.8, 4) is 0 Å². The smallest absolute Gasteiger partial charge is 0.0129 e. The highest BCUT2D eigenvalue weighted by molar-refractivity contribution is 5.84. The van der Waals surface area contributed by atoms with Gasteiger partial charge in [-0.2, -0.15) is 0 Å². The van der Waals surface area contributed by atoms with Crippen LogP contribution in [0.15, 0.2) is 127 Å². The summed E-state index contributed by atoms with van der Waals surface area (Å²) in [6.45, 7) is 65.5. The van der Waals surface area contributed by atoms with Gasteiger partial charge in [-0.15, -0.1) is 0 Å². The number of hydrogen-bond acceptors (Lipinski definition) is 0. The predicted molar refractivity (Wildman–Crippen MR) is 332 cm³/mol. The van der Waals surface area contributed by atoms with Gasteiger partial charge in [0.15, 0.2) is 0 Å². The van der Waals surface area contributed by atoms with Crippen LogP contribution in [0.2, 0.25) is 0 Å². The van der Waals surface area contributed by atoms with E-state index in [2.05, 4.69) is 328 Å². The second-order valence-corrected chi connectivity index (χ2v) is 29.9. The number of fused-ring (bicyclic) bond motifs is 1. The van der Waals surface area contributed by atoms with Crippen LogP contribution in [0.25, 0.3) is 10.8 Å². The van der Waals surface area contributed by atoms with Crippen LogP contribution in [0.3, 0.4) is 0 Å². The van der Waals surface area contributed by atoms with Gasteiger partial charge in [0.1, 0.15) is 0 Å². The van der Waals surface area contributed by atoms with E-state index < -0.39 is 0 Å². The molecule has 0 amide bonds. The first kappa shape index (κ1) is 64.7. The van der Waals surface area contributed by atoms with Crippen LogP contribution in [0, 0.1) is 6.92 Å². The Labute approximate surface area is 453 Å². The molecule has 6 aromatic rings. The maximum Gasteiger partial charge on any atom is -0.0129 e. The molecule has 0 aliphatic carbocycles. The number of benzene rings is 6. The molecule has 0 N–H and O–H groups in total. The minimum Gasteiger partial charge on any atom is -0.0620 e. The lowest BCUT2D eigenvalue weighted by Gasteiger charge is -2.29. The minimum atomic E-state index is 0.240. The lowest BCUT2D eigenvalue weighted by molar-refractivity contribution is 0.530. The van der Waals surface area contributed by atoms with Crippen molar-refractivity contribution in [3.05, 3.63) is 189 Å². The summed E-state index contributed by atoms with van der Waals surface area (Å²) in [6, 6.07) is 47.2. The molecule has 0 heteroatoms. The van der Waals surface area contributed by atoms with E-state index in [0.29, 0.717) is 11.8 Å². The van der Waals surface area contributed by atoms with Gasteiger partial charge in [0.25, 0.3) is 0 Å². The Morgan fingerprint density at radius 1 is 0.247 bits per heavy atom. The molecule has 0 aliphatic rings. The van der Waals surface area contributed by atoms with Crippen molar-refractivity contribution in [1.29, 1.82) is 0 Å². The molecule has 0 fully saturated rings. The predicted octanol–water partition coefficient (Wildman–Crippen LogP) is 22.5. The third-order valence-electron chi connectivity index (χ3n) is 13.9. The molecule has 0 nitrogen and oxygen atoms in total. The standard InChI is InChI=1S/C16H20.C15H24.3C14H22/c1-11(2)14-7-5-13-6-8-15(12(3)4)10-16(13)9-14;1-11-10-12(14(2,3)4)8-9-13(11)15(5,6)7;1-13(2,3)11-7-9-12(10-8-11)14(4,5)6;1-13(2,3)11-8-7-9-12(10-11)14(4,5)6;1-13(2,3)11-9-7-8-10-12(11)14(4,5)6/h5-12H,1-4H3;8-10H,1-7H3;3*7-10H,1-6H3. The van der Waals surface area contributed by atoms with Gasteiger partial charge in [-0.3, -0.25) is 0 Å². The molecule has 0 radical (unpaired) electrons. The van der Waals surface area contributed by atoms with Crippen LogP contribution in [0.1, 0.15) is 267 Å². The van der Waals surface area contributed by atoms with E-state index in [1.807, 2.05) is 0 Å². The average Bonchev–Trinajstić information content (AvgIpc) is 3.24. The molecule has 0 heterocycles. The molecule has 6 aromatic carbocycles. The Kier molecular flexibility index (Phi) is 22.1. The maximum absolute atomic E-state index is 2.33. The summed E-state index contributed by atoms with van der Waals surface area (Å²) in [7, 11) is 0. The van der Waals surface area contributed by atoms with Gasteiger partial charge in [0.05, 0.1) is 0 Å². The van der Waals surface area contributed by atoms with Gasteiger partial charge in [-0.1, -0.05) is 321 Å². The molecule has 0 unspecified atom stereocenters. The lowest BCUT2D eigenvalue weighted by atomic mass is 9.75. The number of hydrogen-bond donors (Lipinski definition) is 0. The molecule has 0 atom stereocenters. The van der Waals surface area contributed by atoms with E-state index in [1.54, 1.807) is 0 Å². The summed E-state index contributed by atoms with van der Waals surface area (Å²) in [4.78, 5) is 0. The van der Waals surface area contributed by atoms with E-state index >= 15 is 0 Å². The first-order valence-electron chi connectivity index (χ1n) is 27.8. The summed E-state index contributed by atoms with van der Waals surface area (Å²) < 4.78 is 0. The summed E-state index contributed by atoms with van der Waals surface area (Å²) in [5.74, 6) is 1.21. The van der Waals surface area contributed by atoms with Crippen molar-refractivity contribution in [2.24, 2.45) is 0 Å². The molecule has 0 aromatic heterocycles. The van der Waals surface area contributed by atoms with Gasteiger partial charge in [0.2, 0.25) is 0 Å². The van der Waals surface area contributed by atoms with Crippen LogP contribution in [0.5, 0.6) is 0 Å². The van der Waals surface area contributed by atoms with E-state index in [0.717, 1.165) is 0 Å². The first-order chi connectivity index (χ1) is 32.8. The Balaban J connectivity index is 0.000000313. The van der Waals surface area contributed by atoms with Crippen molar-refractivity contribution < 1.29 is 0 Å². The van der Waals surface area contributed by atoms with Crippen LogP contribution < -0.4 is 0 Å². The van der Waals surface area contributed by atoms with Crippen LogP contribution >= 0.6 is 0 Å². The summed E-state index contributed by atoms with van der Waals surface area (Å²) in [5, 5.41) is 2.71. The molecule has 73 heavy (non-hydrogen) atoms. The third kappa shape index (κ3) is 21.0. The van der Waals surface area contributed by atoms with Crippen molar-refractivity contribution in [3.63, 3.8) is 0 Å². The van der Waals surface area contributed by atoms with Gasteiger partial charge in [0, 0.05) is 0 Å². The Morgan fingerprint density at radius 3 is 0.822 bits per heavy atom. The first-order valence-corrected chi connectivity index (χ1v) is 27.8. The van der Waals surface area contributed by atoms with Crippen molar-refractivity contribution in [1.82, 2.24) is 0 Å². The molecule has 6 rings (SSSR count). The lowest BCUT2D eigenvalue weighted by Crippen LogP contribution is -2.21. The number of aryl methyl sites for hydroxylation is 1. The normalized spacial score (nSPS) is 12.7. The topological polar surface area (TPSA) is 0 Å².